The Morgan fingerprint density at radius 3 is 2.43 bits per heavy atom. The molecule has 1 fully saturated rings. The number of aromatic nitrogens is 2. The number of nitrogens with zero attached hydrogens (tertiary/aromatic N) is 3. The van der Waals surface area contributed by atoms with Crippen molar-refractivity contribution in [1.82, 2.24) is 19.8 Å². The summed E-state index contributed by atoms with van der Waals surface area (Å²) in [4.78, 5) is 36.3. The summed E-state index contributed by atoms with van der Waals surface area (Å²) in [6.45, 7) is 15.8. The Morgan fingerprint density at radius 1 is 1.14 bits per heavy atom. The molecule has 4 rings (SSSR count). The first kappa shape index (κ1) is 25.2. The lowest BCUT2D eigenvalue weighted by molar-refractivity contribution is -0.131. The van der Waals surface area contributed by atoms with Crippen molar-refractivity contribution in [3.8, 4) is 0 Å². The molecule has 188 valence electrons. The summed E-state index contributed by atoms with van der Waals surface area (Å²) in [5, 5.41) is 3.10. The van der Waals surface area contributed by atoms with Crippen molar-refractivity contribution in [2.45, 2.75) is 66.3 Å². The molecule has 1 saturated heterocycles. The summed E-state index contributed by atoms with van der Waals surface area (Å²) in [5.74, 6) is 0.229. The summed E-state index contributed by atoms with van der Waals surface area (Å²) in [5.41, 5.74) is 5.35. The highest BCUT2D eigenvalue weighted by atomic mass is 16.2. The molecule has 2 aliphatic rings. The van der Waals surface area contributed by atoms with Crippen molar-refractivity contribution in [2.24, 2.45) is 5.41 Å². The fourth-order valence-electron chi connectivity index (χ4n) is 5.09. The lowest BCUT2D eigenvalue weighted by Gasteiger charge is -2.44. The molecule has 7 nitrogen and oxygen atoms in total. The lowest BCUT2D eigenvalue weighted by Crippen LogP contribution is -2.54. The Morgan fingerprint density at radius 2 is 1.86 bits per heavy atom. The highest BCUT2D eigenvalue weighted by Gasteiger charge is 2.33. The van der Waals surface area contributed by atoms with Gasteiger partial charge >= 0.3 is 0 Å². The Hall–Kier alpha value is -2.93. The van der Waals surface area contributed by atoms with E-state index in [0.29, 0.717) is 11.2 Å². The van der Waals surface area contributed by atoms with Crippen molar-refractivity contribution < 1.29 is 9.59 Å². The molecule has 0 atom stereocenters. The molecule has 0 spiro atoms. The van der Waals surface area contributed by atoms with Crippen molar-refractivity contribution in [1.29, 1.82) is 0 Å². The van der Waals surface area contributed by atoms with Crippen LogP contribution in [0.3, 0.4) is 0 Å². The van der Waals surface area contributed by atoms with Gasteiger partial charge in [-0.15, -0.1) is 0 Å². The van der Waals surface area contributed by atoms with Gasteiger partial charge in [0.1, 0.15) is 0 Å². The number of benzene rings is 1. The molecule has 0 bridgehead atoms. The molecule has 2 aromatic rings. The van der Waals surface area contributed by atoms with Crippen LogP contribution in [0.2, 0.25) is 0 Å². The number of H-pyrrole nitrogens is 1. The van der Waals surface area contributed by atoms with Crippen molar-refractivity contribution in [2.75, 3.05) is 31.5 Å². The average Bonchev–Trinajstić information content (AvgIpc) is 3.26. The Balaban J connectivity index is 1.65. The van der Waals surface area contributed by atoms with Gasteiger partial charge < -0.3 is 15.2 Å². The number of aromatic amines is 1. The molecule has 0 unspecified atom stereocenters. The number of aryl methyl sites for hydroxylation is 1. The minimum atomic E-state index is -0.233. The number of amides is 2. The van der Waals surface area contributed by atoms with Gasteiger partial charge in [0.2, 0.25) is 5.91 Å². The molecule has 35 heavy (non-hydrogen) atoms. The van der Waals surface area contributed by atoms with E-state index in [1.807, 2.05) is 17.9 Å². The highest BCUT2D eigenvalue weighted by molar-refractivity contribution is 6.03. The molecule has 0 radical (unpaired) electrons. The van der Waals surface area contributed by atoms with Gasteiger partial charge in [-0.3, -0.25) is 14.5 Å². The van der Waals surface area contributed by atoms with Crippen LogP contribution in [-0.2, 0) is 10.3 Å². The second-order valence-corrected chi connectivity index (χ2v) is 11.3. The maximum atomic E-state index is 12.9. The van der Waals surface area contributed by atoms with E-state index in [-0.39, 0.29) is 17.4 Å². The standard InChI is InChI=1S/C28H39N5O2/c1-19-18-29-25(30-19)26(35)31-24-8-7-22(17-23(24)21-9-11-27(3,4)12-10-21)28(5,6)33-15-13-32(14-16-33)20(2)34/h7-9,17-18H,10-16H2,1-6H3,(H,29,30)(H,31,35). The predicted molar refractivity (Wildman–Crippen MR) is 140 cm³/mol. The van der Waals surface area contributed by atoms with E-state index in [1.165, 1.54) is 11.1 Å². The minimum absolute atomic E-state index is 0.142. The molecule has 1 aliphatic carbocycles. The zero-order chi connectivity index (χ0) is 25.4. The number of carbonyl (C=O) groups excluding carboxylic acids is 2. The quantitative estimate of drug-likeness (QED) is 0.638. The zero-order valence-corrected chi connectivity index (χ0v) is 22.0. The van der Waals surface area contributed by atoms with Crippen LogP contribution in [0.15, 0.2) is 30.5 Å². The van der Waals surface area contributed by atoms with E-state index in [2.05, 4.69) is 66.1 Å². The normalized spacial score (nSPS) is 18.8. The Bertz CT molecular complexity index is 1140. The summed E-state index contributed by atoms with van der Waals surface area (Å²) < 4.78 is 0. The monoisotopic (exact) mass is 477 g/mol. The fourth-order valence-corrected chi connectivity index (χ4v) is 5.09. The van der Waals surface area contributed by atoms with Crippen LogP contribution in [0.1, 0.15) is 81.3 Å². The summed E-state index contributed by atoms with van der Waals surface area (Å²) in [7, 11) is 0. The number of imidazole rings is 1. The van der Waals surface area contributed by atoms with Gasteiger partial charge in [-0.1, -0.05) is 26.0 Å². The fraction of sp³-hybridized carbons (Fsp3) is 0.536. The molecule has 1 aliphatic heterocycles. The number of anilines is 1. The van der Waals surface area contributed by atoms with Gasteiger partial charge in [-0.05, 0) is 68.7 Å². The number of carbonyl (C=O) groups is 2. The number of rotatable bonds is 5. The third-order valence-electron chi connectivity index (χ3n) is 7.73. The molecular weight excluding hydrogens is 438 g/mol. The number of hydrogen-bond acceptors (Lipinski definition) is 4. The molecular formula is C28H39N5O2. The van der Waals surface area contributed by atoms with Crippen LogP contribution in [0.25, 0.3) is 5.57 Å². The van der Waals surface area contributed by atoms with E-state index in [0.717, 1.165) is 62.4 Å². The van der Waals surface area contributed by atoms with Crippen LogP contribution in [0, 0.1) is 12.3 Å². The largest absolute Gasteiger partial charge is 0.340 e. The zero-order valence-electron chi connectivity index (χ0n) is 22.0. The molecule has 2 N–H and O–H groups in total. The van der Waals surface area contributed by atoms with Crippen molar-refractivity contribution in [3.05, 3.63) is 53.1 Å². The van der Waals surface area contributed by atoms with Gasteiger partial charge in [0.25, 0.3) is 5.91 Å². The number of piperazine rings is 1. The highest BCUT2D eigenvalue weighted by Crippen LogP contribution is 2.41. The van der Waals surface area contributed by atoms with E-state index in [1.54, 1.807) is 13.1 Å². The van der Waals surface area contributed by atoms with E-state index >= 15 is 0 Å². The third-order valence-corrected chi connectivity index (χ3v) is 7.73. The number of nitrogens with one attached hydrogen (secondary N) is 2. The molecule has 0 saturated carbocycles. The van der Waals surface area contributed by atoms with Crippen molar-refractivity contribution in [3.63, 3.8) is 0 Å². The first-order valence-corrected chi connectivity index (χ1v) is 12.6. The maximum Gasteiger partial charge on any atom is 0.291 e. The predicted octanol–water partition coefficient (Wildman–Crippen LogP) is 4.96. The van der Waals surface area contributed by atoms with Crippen LogP contribution < -0.4 is 5.32 Å². The van der Waals surface area contributed by atoms with Crippen molar-refractivity contribution >= 4 is 23.1 Å². The van der Waals surface area contributed by atoms with Gasteiger partial charge in [-0.25, -0.2) is 4.98 Å². The van der Waals surface area contributed by atoms with Crippen LogP contribution in [0.5, 0.6) is 0 Å². The topological polar surface area (TPSA) is 81.3 Å². The van der Waals surface area contributed by atoms with Crippen LogP contribution in [-0.4, -0.2) is 57.8 Å². The second kappa shape index (κ2) is 9.61. The molecule has 1 aromatic carbocycles. The summed E-state index contributed by atoms with van der Waals surface area (Å²) in [6, 6.07) is 6.41. The molecule has 2 heterocycles. The first-order chi connectivity index (χ1) is 16.5. The molecule has 1 aromatic heterocycles. The van der Waals surface area contributed by atoms with Gasteiger partial charge in [0, 0.05) is 61.8 Å². The van der Waals surface area contributed by atoms with Gasteiger partial charge in [-0.2, -0.15) is 0 Å². The summed E-state index contributed by atoms with van der Waals surface area (Å²) >= 11 is 0. The average molecular weight is 478 g/mol. The van der Waals surface area contributed by atoms with Crippen LogP contribution >= 0.6 is 0 Å². The number of allylic oxidation sites excluding steroid dienone is 2. The number of hydrogen-bond donors (Lipinski definition) is 2. The van der Waals surface area contributed by atoms with E-state index in [9.17, 15) is 9.59 Å². The van der Waals surface area contributed by atoms with Gasteiger partial charge in [0.15, 0.2) is 5.82 Å². The smallest absolute Gasteiger partial charge is 0.291 e. The lowest BCUT2D eigenvalue weighted by atomic mass is 9.76. The maximum absolute atomic E-state index is 12.9. The Labute approximate surface area is 209 Å². The third kappa shape index (κ3) is 5.50. The van der Waals surface area contributed by atoms with E-state index in [4.69, 9.17) is 0 Å². The molecule has 2 amide bonds. The first-order valence-electron chi connectivity index (χ1n) is 12.6. The van der Waals surface area contributed by atoms with Gasteiger partial charge in [0.05, 0.1) is 0 Å². The minimum Gasteiger partial charge on any atom is -0.340 e. The SMILES string of the molecule is CC(=O)N1CCN(C(C)(C)c2ccc(NC(=O)c3ncc(C)[nH]3)c(C3=CCC(C)(C)CC3)c2)CC1. The summed E-state index contributed by atoms with van der Waals surface area (Å²) in [6.07, 6.45) is 7.13. The van der Waals surface area contributed by atoms with E-state index < -0.39 is 0 Å². The van der Waals surface area contributed by atoms with Crippen LogP contribution in [0.4, 0.5) is 5.69 Å². The molecule has 7 heteroatoms. The second-order valence-electron chi connectivity index (χ2n) is 11.3. The Kier molecular flexibility index (Phi) is 6.91.